The molecule has 0 radical (unpaired) electrons. The molecule has 0 unspecified atom stereocenters. The molecule has 14 rings (SSSR count). The van der Waals surface area contributed by atoms with Crippen molar-refractivity contribution < 1.29 is 0 Å². The van der Waals surface area contributed by atoms with Crippen molar-refractivity contribution in [1.29, 1.82) is 0 Å². The smallest absolute Gasteiger partial charge is 0.166 e. The molecule has 0 spiro atoms. The fourth-order valence-electron chi connectivity index (χ4n) is 10.7. The van der Waals surface area contributed by atoms with Gasteiger partial charge in [-0.1, -0.05) is 158 Å². The molecule has 11 aromatic carbocycles. The van der Waals surface area contributed by atoms with Gasteiger partial charge in [-0.05, 0) is 141 Å². The van der Waals surface area contributed by atoms with Crippen LogP contribution in [0.4, 0.5) is 0 Å². The van der Waals surface area contributed by atoms with Crippen molar-refractivity contribution in [2.75, 3.05) is 0 Å². The van der Waals surface area contributed by atoms with Crippen molar-refractivity contribution in [3.05, 3.63) is 225 Å². The zero-order valence-electron chi connectivity index (χ0n) is 36.6. The minimum atomic E-state index is 0.542. The molecule has 5 heteroatoms. The van der Waals surface area contributed by atoms with Crippen molar-refractivity contribution in [3.8, 4) is 56.4 Å². The van der Waals surface area contributed by atoms with Crippen LogP contribution in [0, 0.1) is 0 Å². The van der Waals surface area contributed by atoms with Gasteiger partial charge in [-0.2, -0.15) is 0 Å². The molecular weight excluding hydrogens is 827 g/mol. The molecule has 0 saturated carbocycles. The largest absolute Gasteiger partial charge is 0.255 e. The SMILES string of the molecule is c1ccc2c(-c3cc(-c4nc(-c5c6ccccc6cc6cccnc56)nc(-c5c6ccccc6cc6cccnc56)n4)cc(-c4c5ccccc5cc5ccccc45)c3)c3ccccc3cc2c1. The Morgan fingerprint density at radius 1 is 0.221 bits per heavy atom. The maximum Gasteiger partial charge on any atom is 0.166 e. The Balaban J connectivity index is 1.15. The van der Waals surface area contributed by atoms with Crippen LogP contribution in [0.5, 0.6) is 0 Å². The summed E-state index contributed by atoms with van der Waals surface area (Å²) < 4.78 is 0. The summed E-state index contributed by atoms with van der Waals surface area (Å²) in [6, 6.07) is 75.9. The highest BCUT2D eigenvalue weighted by atomic mass is 15.0. The molecule has 14 aromatic rings. The minimum absolute atomic E-state index is 0.542. The van der Waals surface area contributed by atoms with E-state index in [0.29, 0.717) is 17.5 Å². The van der Waals surface area contributed by atoms with Gasteiger partial charge in [-0.15, -0.1) is 0 Å². The number of nitrogens with zero attached hydrogens (tertiary/aromatic N) is 5. The molecule has 0 amide bonds. The van der Waals surface area contributed by atoms with E-state index < -0.39 is 0 Å². The van der Waals surface area contributed by atoms with Crippen molar-refractivity contribution >= 4 is 86.4 Å². The van der Waals surface area contributed by atoms with E-state index in [2.05, 4.69) is 200 Å². The number of rotatable bonds is 5. The summed E-state index contributed by atoms with van der Waals surface area (Å²) in [4.78, 5) is 26.8. The van der Waals surface area contributed by atoms with Crippen LogP contribution < -0.4 is 0 Å². The summed E-state index contributed by atoms with van der Waals surface area (Å²) in [6.07, 6.45) is 3.70. The summed E-state index contributed by atoms with van der Waals surface area (Å²) >= 11 is 0. The molecule has 0 saturated heterocycles. The number of aromatic nitrogens is 5. The average molecular weight is 864 g/mol. The number of fused-ring (bicyclic) bond motifs is 8. The lowest BCUT2D eigenvalue weighted by Crippen LogP contribution is -2.03. The van der Waals surface area contributed by atoms with Gasteiger partial charge >= 0.3 is 0 Å². The molecule has 0 atom stereocenters. The molecule has 68 heavy (non-hydrogen) atoms. The standard InChI is InChI=1S/C63H37N5/c1-7-23-49-38(15-1)31-39-16-2-8-24-50(39)55(49)46-35-47(56-51-25-9-3-17-40(51)32-41-18-4-10-26-52(41)56)37-48(36-46)61-66-62(57-53-27-11-5-19-42(53)33-44-21-13-29-64-59(44)57)68-63(67-61)58-54-28-12-6-20-43(54)34-45-22-14-30-65-60(45)58/h1-37H. The van der Waals surface area contributed by atoms with Crippen LogP contribution in [0.3, 0.4) is 0 Å². The Morgan fingerprint density at radius 2 is 0.500 bits per heavy atom. The quantitative estimate of drug-likeness (QED) is 0.161. The number of hydrogen-bond acceptors (Lipinski definition) is 5. The molecule has 5 nitrogen and oxygen atoms in total. The zero-order chi connectivity index (χ0) is 44.7. The molecule has 3 aromatic heterocycles. The van der Waals surface area contributed by atoms with Crippen LogP contribution in [0.1, 0.15) is 0 Å². The first kappa shape index (κ1) is 38.1. The van der Waals surface area contributed by atoms with Gasteiger partial charge in [0.1, 0.15) is 0 Å². The Morgan fingerprint density at radius 3 is 0.868 bits per heavy atom. The predicted octanol–water partition coefficient (Wildman–Crippen LogP) is 16.2. The van der Waals surface area contributed by atoms with Crippen molar-refractivity contribution in [2.45, 2.75) is 0 Å². The Bertz CT molecular complexity index is 3630. The maximum absolute atomic E-state index is 5.60. The van der Waals surface area contributed by atoms with E-state index >= 15 is 0 Å². The molecule has 0 fully saturated rings. The fraction of sp³-hybridized carbons (Fsp3) is 0. The van der Waals surface area contributed by atoms with E-state index in [1.165, 1.54) is 43.1 Å². The monoisotopic (exact) mass is 863 g/mol. The van der Waals surface area contributed by atoms with Crippen LogP contribution in [-0.2, 0) is 0 Å². The van der Waals surface area contributed by atoms with E-state index in [1.807, 2.05) is 24.5 Å². The van der Waals surface area contributed by atoms with Gasteiger partial charge in [-0.3, -0.25) is 9.97 Å². The third-order valence-electron chi connectivity index (χ3n) is 13.6. The predicted molar refractivity (Wildman–Crippen MR) is 283 cm³/mol. The van der Waals surface area contributed by atoms with Gasteiger partial charge in [0.25, 0.3) is 0 Å². The second-order valence-electron chi connectivity index (χ2n) is 17.6. The van der Waals surface area contributed by atoms with Crippen LogP contribution in [0.2, 0.25) is 0 Å². The van der Waals surface area contributed by atoms with Crippen molar-refractivity contribution in [2.24, 2.45) is 0 Å². The summed E-state index contributed by atoms with van der Waals surface area (Å²) in [5.74, 6) is 1.64. The number of hydrogen-bond donors (Lipinski definition) is 0. The van der Waals surface area contributed by atoms with E-state index in [0.717, 1.165) is 82.3 Å². The molecule has 0 aliphatic rings. The second kappa shape index (κ2) is 15.2. The highest BCUT2D eigenvalue weighted by Crippen LogP contribution is 2.45. The second-order valence-corrected chi connectivity index (χ2v) is 17.6. The van der Waals surface area contributed by atoms with Gasteiger partial charge in [0.2, 0.25) is 0 Å². The van der Waals surface area contributed by atoms with Crippen LogP contribution in [0.25, 0.3) is 143 Å². The molecule has 0 aliphatic carbocycles. The molecule has 0 bridgehead atoms. The van der Waals surface area contributed by atoms with Gasteiger partial charge in [0.05, 0.1) is 22.2 Å². The average Bonchev–Trinajstić information content (AvgIpc) is 3.40. The molecular formula is C63H37N5. The first-order valence-corrected chi connectivity index (χ1v) is 23.0. The highest BCUT2D eigenvalue weighted by Gasteiger charge is 2.23. The lowest BCUT2D eigenvalue weighted by molar-refractivity contribution is 1.08. The number of benzene rings is 11. The Hall–Kier alpha value is -9.19. The first-order valence-electron chi connectivity index (χ1n) is 23.0. The maximum atomic E-state index is 5.60. The van der Waals surface area contributed by atoms with Crippen molar-refractivity contribution in [3.63, 3.8) is 0 Å². The zero-order valence-corrected chi connectivity index (χ0v) is 36.6. The fourth-order valence-corrected chi connectivity index (χ4v) is 10.7. The van der Waals surface area contributed by atoms with Crippen LogP contribution >= 0.6 is 0 Å². The summed E-state index contributed by atoms with van der Waals surface area (Å²) in [6.45, 7) is 0. The number of pyridine rings is 2. The Labute approximate surface area is 390 Å². The molecule has 0 aliphatic heterocycles. The summed E-state index contributed by atoms with van der Waals surface area (Å²) in [7, 11) is 0. The van der Waals surface area contributed by atoms with Crippen molar-refractivity contribution in [1.82, 2.24) is 24.9 Å². The minimum Gasteiger partial charge on any atom is -0.255 e. The van der Waals surface area contributed by atoms with Gasteiger partial charge < -0.3 is 0 Å². The van der Waals surface area contributed by atoms with Crippen LogP contribution in [0.15, 0.2) is 225 Å². The summed E-state index contributed by atoms with van der Waals surface area (Å²) in [5.41, 5.74) is 8.70. The normalized spacial score (nSPS) is 11.8. The van der Waals surface area contributed by atoms with E-state index in [9.17, 15) is 0 Å². The van der Waals surface area contributed by atoms with E-state index in [4.69, 9.17) is 24.9 Å². The summed E-state index contributed by atoms with van der Waals surface area (Å²) in [5, 5.41) is 15.6. The third-order valence-corrected chi connectivity index (χ3v) is 13.6. The van der Waals surface area contributed by atoms with Gasteiger partial charge in [0, 0.05) is 28.7 Å². The van der Waals surface area contributed by atoms with Gasteiger partial charge in [-0.25, -0.2) is 15.0 Å². The van der Waals surface area contributed by atoms with Crippen LogP contribution in [-0.4, -0.2) is 24.9 Å². The van der Waals surface area contributed by atoms with Gasteiger partial charge in [0.15, 0.2) is 17.5 Å². The lowest BCUT2D eigenvalue weighted by atomic mass is 9.87. The lowest BCUT2D eigenvalue weighted by Gasteiger charge is -2.18. The Kier molecular flexibility index (Phi) is 8.52. The van der Waals surface area contributed by atoms with E-state index in [1.54, 1.807) is 0 Å². The first-order chi connectivity index (χ1) is 33.7. The van der Waals surface area contributed by atoms with E-state index in [-0.39, 0.29) is 0 Å². The topological polar surface area (TPSA) is 64.5 Å². The highest BCUT2D eigenvalue weighted by molar-refractivity contribution is 6.17. The molecule has 314 valence electrons. The third kappa shape index (κ3) is 6.06. The molecule has 0 N–H and O–H groups in total. The molecule has 3 heterocycles.